The standard InChI is InChI=1S/C40H38N6O4/c1-3-22-44(40(50)41-2)45-26-37(47)46-35(39(49)43(25-36(45)46)24-30-14-8-12-28-10-4-6-15-32(28)30)23-27-18-20-31(21-19-27)42-38(48)34-17-9-13-29-11-5-7-16-33(29)34/h3-21,35-36H,1,22-26H2,2H3,(H,41,50)(H,42,48)/t35-,36+/m0/s1. The van der Waals surface area contributed by atoms with Crippen LogP contribution in [0.15, 0.2) is 122 Å². The van der Waals surface area contributed by atoms with Crippen LogP contribution in [0.4, 0.5) is 10.5 Å². The molecule has 2 fully saturated rings. The Bertz CT molecular complexity index is 2100. The largest absolute Gasteiger partial charge is 0.340 e. The normalized spacial score (nSPS) is 17.5. The minimum atomic E-state index is -0.799. The average Bonchev–Trinajstić information content (AvgIpc) is 3.47. The third-order valence-electron chi connectivity index (χ3n) is 9.54. The van der Waals surface area contributed by atoms with E-state index in [1.807, 2.05) is 103 Å². The topological polar surface area (TPSA) is 105 Å². The van der Waals surface area contributed by atoms with Gasteiger partial charge < -0.3 is 20.4 Å². The molecule has 7 rings (SSSR count). The van der Waals surface area contributed by atoms with E-state index in [1.165, 1.54) is 5.01 Å². The molecule has 2 N–H and O–H groups in total. The summed E-state index contributed by atoms with van der Waals surface area (Å²) in [6.07, 6.45) is 1.32. The molecule has 0 saturated carbocycles. The molecule has 2 saturated heterocycles. The first-order chi connectivity index (χ1) is 24.4. The predicted molar refractivity (Wildman–Crippen MR) is 194 cm³/mol. The van der Waals surface area contributed by atoms with Crippen LogP contribution in [-0.2, 0) is 22.6 Å². The minimum Gasteiger partial charge on any atom is -0.340 e. The van der Waals surface area contributed by atoms with E-state index in [0.717, 1.165) is 32.7 Å². The number of amides is 5. The number of benzene rings is 5. The molecule has 0 bridgehead atoms. The quantitative estimate of drug-likeness (QED) is 0.205. The fourth-order valence-electron chi connectivity index (χ4n) is 7.15. The van der Waals surface area contributed by atoms with Crippen LogP contribution in [0.5, 0.6) is 0 Å². The van der Waals surface area contributed by atoms with Gasteiger partial charge in [0.05, 0.1) is 19.6 Å². The molecule has 10 nitrogen and oxygen atoms in total. The van der Waals surface area contributed by atoms with E-state index in [0.29, 0.717) is 17.8 Å². The first-order valence-corrected chi connectivity index (χ1v) is 16.7. The van der Waals surface area contributed by atoms with Gasteiger partial charge >= 0.3 is 6.03 Å². The Balaban J connectivity index is 1.17. The van der Waals surface area contributed by atoms with Gasteiger partial charge in [0, 0.05) is 31.3 Å². The molecule has 5 aromatic carbocycles. The molecule has 0 aliphatic carbocycles. The van der Waals surface area contributed by atoms with Crippen molar-refractivity contribution in [1.82, 2.24) is 25.1 Å². The number of fused-ring (bicyclic) bond motifs is 3. The van der Waals surface area contributed by atoms with Crippen molar-refractivity contribution in [3.8, 4) is 0 Å². The van der Waals surface area contributed by atoms with Crippen LogP contribution in [0, 0.1) is 0 Å². The number of carbonyl (C=O) groups is 4. The van der Waals surface area contributed by atoms with E-state index in [4.69, 9.17) is 0 Å². The zero-order valence-electron chi connectivity index (χ0n) is 27.8. The second-order valence-corrected chi connectivity index (χ2v) is 12.6. The third-order valence-corrected chi connectivity index (χ3v) is 9.54. The summed E-state index contributed by atoms with van der Waals surface area (Å²) in [5.41, 5.74) is 3.03. The van der Waals surface area contributed by atoms with Gasteiger partial charge in [0.2, 0.25) is 11.8 Å². The number of hydrazine groups is 1. The van der Waals surface area contributed by atoms with Crippen LogP contribution in [0.3, 0.4) is 0 Å². The van der Waals surface area contributed by atoms with E-state index >= 15 is 0 Å². The van der Waals surface area contributed by atoms with E-state index in [-0.39, 0.29) is 49.8 Å². The monoisotopic (exact) mass is 666 g/mol. The van der Waals surface area contributed by atoms with E-state index in [9.17, 15) is 19.2 Å². The van der Waals surface area contributed by atoms with E-state index in [2.05, 4.69) is 17.2 Å². The van der Waals surface area contributed by atoms with Crippen LogP contribution >= 0.6 is 0 Å². The SMILES string of the molecule is C=CCN(C(=O)NC)N1CC(=O)N2[C@@H](Cc3ccc(NC(=O)c4cccc5ccccc45)cc3)C(=O)N(Cc3cccc4ccccc34)C[C@@H]21. The summed E-state index contributed by atoms with van der Waals surface area (Å²) in [4.78, 5) is 57.7. The number of piperazine rings is 1. The number of nitrogens with one attached hydrogen (secondary N) is 2. The van der Waals surface area contributed by atoms with Crippen molar-refractivity contribution in [2.24, 2.45) is 0 Å². The number of anilines is 1. The van der Waals surface area contributed by atoms with Gasteiger partial charge in [0.25, 0.3) is 5.91 Å². The molecule has 5 amide bonds. The molecule has 0 radical (unpaired) electrons. The second kappa shape index (κ2) is 13.9. The van der Waals surface area contributed by atoms with E-state index in [1.54, 1.807) is 34.0 Å². The zero-order chi connectivity index (χ0) is 34.8. The Labute approximate surface area is 290 Å². The van der Waals surface area contributed by atoms with Gasteiger partial charge in [-0.25, -0.2) is 4.79 Å². The van der Waals surface area contributed by atoms with Crippen molar-refractivity contribution < 1.29 is 19.2 Å². The first kappa shape index (κ1) is 32.5. The van der Waals surface area contributed by atoms with Gasteiger partial charge in [-0.2, -0.15) is 5.01 Å². The summed E-state index contributed by atoms with van der Waals surface area (Å²) < 4.78 is 0. The van der Waals surface area contributed by atoms with Crippen molar-refractivity contribution in [1.29, 1.82) is 0 Å². The van der Waals surface area contributed by atoms with E-state index < -0.39 is 12.2 Å². The molecule has 0 aromatic heterocycles. The Morgan fingerprint density at radius 3 is 2.24 bits per heavy atom. The molecule has 2 atom stereocenters. The smallest absolute Gasteiger partial charge is 0.332 e. The zero-order valence-corrected chi connectivity index (χ0v) is 27.8. The summed E-state index contributed by atoms with van der Waals surface area (Å²) in [7, 11) is 1.54. The summed E-state index contributed by atoms with van der Waals surface area (Å²) in [6.45, 7) is 4.55. The number of carbonyl (C=O) groups excluding carboxylic acids is 4. The fraction of sp³-hybridized carbons (Fsp3) is 0.200. The number of rotatable bonds is 9. The van der Waals surface area contributed by atoms with Gasteiger partial charge in [-0.3, -0.25) is 19.4 Å². The number of hydrogen-bond donors (Lipinski definition) is 2. The number of hydrogen-bond acceptors (Lipinski definition) is 5. The highest BCUT2D eigenvalue weighted by Crippen LogP contribution is 2.31. The van der Waals surface area contributed by atoms with Gasteiger partial charge in [-0.1, -0.05) is 97.1 Å². The van der Waals surface area contributed by atoms with Crippen LogP contribution in [0.25, 0.3) is 21.5 Å². The summed E-state index contributed by atoms with van der Waals surface area (Å²) in [5, 5.41) is 12.9. The van der Waals surface area contributed by atoms with Crippen molar-refractivity contribution in [2.45, 2.75) is 25.2 Å². The Kier molecular flexibility index (Phi) is 9.02. The Hall–Kier alpha value is -6.00. The second-order valence-electron chi connectivity index (χ2n) is 12.6. The molecule has 5 aromatic rings. The molecular formula is C40H38N6O4. The van der Waals surface area contributed by atoms with Gasteiger partial charge in [-0.05, 0) is 50.9 Å². The summed E-state index contributed by atoms with van der Waals surface area (Å²) >= 11 is 0. The van der Waals surface area contributed by atoms with Gasteiger partial charge in [-0.15, -0.1) is 6.58 Å². The highest BCUT2D eigenvalue weighted by molar-refractivity contribution is 6.13. The van der Waals surface area contributed by atoms with Crippen molar-refractivity contribution in [2.75, 3.05) is 32.0 Å². The predicted octanol–water partition coefficient (Wildman–Crippen LogP) is 5.41. The third kappa shape index (κ3) is 6.17. The molecule has 0 unspecified atom stereocenters. The molecule has 2 aliphatic rings. The molecule has 252 valence electrons. The highest BCUT2D eigenvalue weighted by Gasteiger charge is 2.52. The lowest BCUT2D eigenvalue weighted by molar-refractivity contribution is -0.157. The summed E-state index contributed by atoms with van der Waals surface area (Å²) in [5.74, 6) is -0.602. The van der Waals surface area contributed by atoms with Crippen LogP contribution in [-0.4, -0.2) is 82.5 Å². The maximum Gasteiger partial charge on any atom is 0.332 e. The van der Waals surface area contributed by atoms with Crippen LogP contribution in [0.1, 0.15) is 21.5 Å². The van der Waals surface area contributed by atoms with Crippen molar-refractivity contribution >= 4 is 51.0 Å². The highest BCUT2D eigenvalue weighted by atomic mass is 16.2. The maximum atomic E-state index is 14.4. The molecule has 2 heterocycles. The van der Waals surface area contributed by atoms with Crippen molar-refractivity contribution in [3.63, 3.8) is 0 Å². The number of urea groups is 1. The van der Waals surface area contributed by atoms with Crippen molar-refractivity contribution in [3.05, 3.63) is 139 Å². The average molecular weight is 667 g/mol. The molecule has 10 heteroatoms. The molecule has 0 spiro atoms. The lowest BCUT2D eigenvalue weighted by atomic mass is 9.98. The lowest BCUT2D eigenvalue weighted by Gasteiger charge is -2.46. The lowest BCUT2D eigenvalue weighted by Crippen LogP contribution is -2.65. The van der Waals surface area contributed by atoms with Crippen LogP contribution < -0.4 is 10.6 Å². The summed E-state index contributed by atoms with van der Waals surface area (Å²) in [6, 6.07) is 33.7. The van der Waals surface area contributed by atoms with Crippen LogP contribution in [0.2, 0.25) is 0 Å². The maximum absolute atomic E-state index is 14.4. The molecular weight excluding hydrogens is 628 g/mol. The minimum absolute atomic E-state index is 0.0447. The van der Waals surface area contributed by atoms with Gasteiger partial charge in [0.1, 0.15) is 12.2 Å². The fourth-order valence-corrected chi connectivity index (χ4v) is 7.15. The molecule has 2 aliphatic heterocycles. The molecule has 50 heavy (non-hydrogen) atoms. The Morgan fingerprint density at radius 2 is 1.52 bits per heavy atom. The number of nitrogens with zero attached hydrogens (tertiary/aromatic N) is 4. The first-order valence-electron chi connectivity index (χ1n) is 16.7. The Morgan fingerprint density at radius 1 is 0.860 bits per heavy atom. The van der Waals surface area contributed by atoms with Gasteiger partial charge in [0.15, 0.2) is 0 Å².